The van der Waals surface area contributed by atoms with Gasteiger partial charge >= 0.3 is 6.09 Å². The van der Waals surface area contributed by atoms with Crippen LogP contribution in [-0.2, 0) is 9.53 Å². The number of nitrogens with one attached hydrogen (secondary N) is 1. The van der Waals surface area contributed by atoms with Gasteiger partial charge in [0.25, 0.3) is 0 Å². The zero-order chi connectivity index (χ0) is 23.0. The molecule has 0 bridgehead atoms. The maximum Gasteiger partial charge on any atom is 0.410 e. The minimum absolute atomic E-state index is 0.0564. The van der Waals surface area contributed by atoms with Crippen molar-refractivity contribution in [3.8, 4) is 11.5 Å². The molecule has 1 N–H and O–H groups in total. The fourth-order valence-corrected chi connectivity index (χ4v) is 3.29. The molecule has 7 nitrogen and oxygen atoms in total. The van der Waals surface area contributed by atoms with Gasteiger partial charge in [-0.1, -0.05) is 18.2 Å². The second-order valence-electron chi connectivity index (χ2n) is 8.79. The van der Waals surface area contributed by atoms with Crippen molar-refractivity contribution in [3.05, 3.63) is 54.6 Å². The standard InChI is InChI=1S/C25H32N2O5/c1-25(2,3)32-24(29)27-16-15-22(18-27)31-21-13-11-19(12-14-21)26-23(28)10-7-17-30-20-8-5-4-6-9-20/h4-6,8-9,11-14,22H,7,10,15-18H2,1-3H3,(H,26,28). The van der Waals surface area contributed by atoms with E-state index in [-0.39, 0.29) is 18.1 Å². The lowest BCUT2D eigenvalue weighted by atomic mass is 10.2. The van der Waals surface area contributed by atoms with Gasteiger partial charge in [-0.15, -0.1) is 0 Å². The van der Waals surface area contributed by atoms with Crippen molar-refractivity contribution in [1.29, 1.82) is 0 Å². The topological polar surface area (TPSA) is 77.1 Å². The lowest BCUT2D eigenvalue weighted by molar-refractivity contribution is -0.116. The summed E-state index contributed by atoms with van der Waals surface area (Å²) in [5, 5.41) is 2.89. The van der Waals surface area contributed by atoms with Crippen LogP contribution < -0.4 is 14.8 Å². The fraction of sp³-hybridized carbons (Fsp3) is 0.440. The first-order valence-corrected chi connectivity index (χ1v) is 11.0. The van der Waals surface area contributed by atoms with Crippen LogP contribution in [0.15, 0.2) is 54.6 Å². The Morgan fingerprint density at radius 1 is 1.03 bits per heavy atom. The van der Waals surface area contributed by atoms with Crippen molar-refractivity contribution in [2.24, 2.45) is 0 Å². The number of amides is 2. The normalized spacial score (nSPS) is 15.8. The largest absolute Gasteiger partial charge is 0.494 e. The van der Waals surface area contributed by atoms with E-state index in [1.165, 1.54) is 0 Å². The quantitative estimate of drug-likeness (QED) is 0.593. The maximum absolute atomic E-state index is 12.2. The predicted molar refractivity (Wildman–Crippen MR) is 123 cm³/mol. The third kappa shape index (κ3) is 7.80. The number of likely N-dealkylation sites (tertiary alicyclic amines) is 1. The van der Waals surface area contributed by atoms with Crippen molar-refractivity contribution in [3.63, 3.8) is 0 Å². The molecule has 172 valence electrons. The van der Waals surface area contributed by atoms with Crippen LogP contribution in [0.2, 0.25) is 0 Å². The Balaban J connectivity index is 1.36. The minimum atomic E-state index is -0.509. The third-order valence-electron chi connectivity index (χ3n) is 4.80. The maximum atomic E-state index is 12.2. The number of nitrogens with zero attached hydrogens (tertiary/aromatic N) is 1. The summed E-state index contributed by atoms with van der Waals surface area (Å²) in [4.78, 5) is 26.0. The van der Waals surface area contributed by atoms with Crippen molar-refractivity contribution in [2.75, 3.05) is 25.0 Å². The van der Waals surface area contributed by atoms with Crippen molar-refractivity contribution in [1.82, 2.24) is 4.90 Å². The minimum Gasteiger partial charge on any atom is -0.494 e. The Kier molecular flexibility index (Phi) is 7.98. The predicted octanol–water partition coefficient (Wildman–Crippen LogP) is 4.87. The van der Waals surface area contributed by atoms with Crippen LogP contribution in [0.4, 0.5) is 10.5 Å². The summed E-state index contributed by atoms with van der Waals surface area (Å²) in [5.74, 6) is 1.45. The van der Waals surface area contributed by atoms with Gasteiger partial charge < -0.3 is 24.4 Å². The molecule has 7 heteroatoms. The molecule has 32 heavy (non-hydrogen) atoms. The molecule has 0 radical (unpaired) electrons. The fourth-order valence-electron chi connectivity index (χ4n) is 3.29. The Bertz CT molecular complexity index is 877. The van der Waals surface area contributed by atoms with Crippen molar-refractivity contribution >= 4 is 17.7 Å². The van der Waals surface area contributed by atoms with E-state index in [4.69, 9.17) is 14.2 Å². The molecule has 3 rings (SSSR count). The smallest absolute Gasteiger partial charge is 0.410 e. The number of benzene rings is 2. The van der Waals surface area contributed by atoms with E-state index in [9.17, 15) is 9.59 Å². The highest BCUT2D eigenvalue weighted by molar-refractivity contribution is 5.90. The van der Waals surface area contributed by atoms with E-state index in [0.717, 1.165) is 12.2 Å². The highest BCUT2D eigenvalue weighted by Gasteiger charge is 2.30. The summed E-state index contributed by atoms with van der Waals surface area (Å²) >= 11 is 0. The highest BCUT2D eigenvalue weighted by atomic mass is 16.6. The third-order valence-corrected chi connectivity index (χ3v) is 4.80. The number of carbonyl (C=O) groups excluding carboxylic acids is 2. The molecule has 0 aromatic heterocycles. The number of ether oxygens (including phenoxy) is 3. The van der Waals surface area contributed by atoms with Gasteiger partial charge in [0.05, 0.1) is 13.2 Å². The van der Waals surface area contributed by atoms with Gasteiger partial charge in [-0.3, -0.25) is 4.79 Å². The van der Waals surface area contributed by atoms with Gasteiger partial charge in [0.2, 0.25) is 5.91 Å². The van der Waals surface area contributed by atoms with Crippen LogP contribution in [-0.4, -0.2) is 48.3 Å². The molecular formula is C25H32N2O5. The van der Waals surface area contributed by atoms with E-state index >= 15 is 0 Å². The monoisotopic (exact) mass is 440 g/mol. The van der Waals surface area contributed by atoms with Crippen LogP contribution in [0.3, 0.4) is 0 Å². The van der Waals surface area contributed by atoms with E-state index in [0.29, 0.717) is 44.0 Å². The van der Waals surface area contributed by atoms with Crippen molar-refractivity contribution < 1.29 is 23.8 Å². The number of carbonyl (C=O) groups is 2. The molecule has 1 atom stereocenters. The average Bonchev–Trinajstić information content (AvgIpc) is 3.21. The number of rotatable bonds is 8. The molecule has 2 amide bonds. The molecule has 2 aromatic carbocycles. The Morgan fingerprint density at radius 2 is 1.75 bits per heavy atom. The Hall–Kier alpha value is -3.22. The zero-order valence-corrected chi connectivity index (χ0v) is 19.0. The van der Waals surface area contributed by atoms with Gasteiger partial charge in [-0.2, -0.15) is 0 Å². The first-order valence-electron chi connectivity index (χ1n) is 11.0. The van der Waals surface area contributed by atoms with Gasteiger partial charge in [0, 0.05) is 25.1 Å². The molecular weight excluding hydrogens is 408 g/mol. The van der Waals surface area contributed by atoms with Crippen LogP contribution >= 0.6 is 0 Å². The molecule has 0 aliphatic carbocycles. The average molecular weight is 441 g/mol. The van der Waals surface area contributed by atoms with E-state index in [1.54, 1.807) is 4.90 Å². The lowest BCUT2D eigenvalue weighted by Gasteiger charge is -2.24. The summed E-state index contributed by atoms with van der Waals surface area (Å²) in [5.41, 5.74) is 0.207. The van der Waals surface area contributed by atoms with Gasteiger partial charge in [-0.25, -0.2) is 4.79 Å². The second-order valence-corrected chi connectivity index (χ2v) is 8.79. The molecule has 1 heterocycles. The molecule has 0 spiro atoms. The van der Waals surface area contributed by atoms with Crippen LogP contribution in [0.5, 0.6) is 11.5 Å². The van der Waals surface area contributed by atoms with Crippen molar-refractivity contribution in [2.45, 2.75) is 51.7 Å². The summed E-state index contributed by atoms with van der Waals surface area (Å²) < 4.78 is 17.0. The van der Waals surface area contributed by atoms with Crippen LogP contribution in [0.1, 0.15) is 40.0 Å². The Morgan fingerprint density at radius 3 is 2.44 bits per heavy atom. The number of para-hydroxylation sites is 1. The summed E-state index contributed by atoms with van der Waals surface area (Å²) in [6.45, 7) is 7.17. The van der Waals surface area contributed by atoms with Gasteiger partial charge in [0.1, 0.15) is 23.2 Å². The summed E-state index contributed by atoms with van der Waals surface area (Å²) in [6, 6.07) is 16.8. The number of anilines is 1. The first kappa shape index (κ1) is 23.4. The van der Waals surface area contributed by atoms with E-state index in [2.05, 4.69) is 5.32 Å². The van der Waals surface area contributed by atoms with Gasteiger partial charge in [0.15, 0.2) is 0 Å². The highest BCUT2D eigenvalue weighted by Crippen LogP contribution is 2.22. The van der Waals surface area contributed by atoms with Gasteiger partial charge in [-0.05, 0) is 63.6 Å². The molecule has 2 aromatic rings. The number of hydrogen-bond donors (Lipinski definition) is 1. The molecule has 1 aliphatic heterocycles. The lowest BCUT2D eigenvalue weighted by Crippen LogP contribution is -2.36. The molecule has 1 fully saturated rings. The van der Waals surface area contributed by atoms with E-state index < -0.39 is 5.60 Å². The second kappa shape index (κ2) is 10.9. The summed E-state index contributed by atoms with van der Waals surface area (Å²) in [6.07, 6.45) is 1.39. The molecule has 1 unspecified atom stereocenters. The number of hydrogen-bond acceptors (Lipinski definition) is 5. The Labute approximate surface area is 189 Å². The molecule has 1 aliphatic rings. The molecule has 0 saturated carbocycles. The summed E-state index contributed by atoms with van der Waals surface area (Å²) in [7, 11) is 0. The first-order chi connectivity index (χ1) is 15.3. The zero-order valence-electron chi connectivity index (χ0n) is 19.0. The SMILES string of the molecule is CC(C)(C)OC(=O)N1CCC(Oc2ccc(NC(=O)CCCOc3ccccc3)cc2)C1. The van der Waals surface area contributed by atoms with Crippen LogP contribution in [0, 0.1) is 0 Å². The van der Waals surface area contributed by atoms with Crippen LogP contribution in [0.25, 0.3) is 0 Å². The molecule has 1 saturated heterocycles. The van der Waals surface area contributed by atoms with E-state index in [1.807, 2.05) is 75.4 Å².